The van der Waals surface area contributed by atoms with E-state index in [4.69, 9.17) is 5.11 Å². The van der Waals surface area contributed by atoms with E-state index in [9.17, 15) is 4.79 Å². The van der Waals surface area contributed by atoms with Crippen LogP contribution in [0.1, 0.15) is 11.3 Å². The average molecular weight is 252 g/mol. The van der Waals surface area contributed by atoms with Crippen LogP contribution in [0.25, 0.3) is 0 Å². The highest BCUT2D eigenvalue weighted by Crippen LogP contribution is 2.10. The van der Waals surface area contributed by atoms with Crippen LogP contribution in [0.2, 0.25) is 0 Å². The van der Waals surface area contributed by atoms with Crippen molar-refractivity contribution in [1.82, 2.24) is 14.9 Å². The summed E-state index contributed by atoms with van der Waals surface area (Å²) in [6.45, 7) is 5.48. The molecule has 0 spiro atoms. The zero-order valence-corrected chi connectivity index (χ0v) is 10.9. The molecular weight excluding hydrogens is 232 g/mol. The molecule has 1 saturated heterocycles. The Morgan fingerprint density at radius 2 is 2.00 bits per heavy atom. The fraction of sp³-hybridized carbons (Fsp3) is 0.667. The van der Waals surface area contributed by atoms with Gasteiger partial charge in [-0.25, -0.2) is 4.98 Å². The Labute approximate surface area is 106 Å². The minimum Gasteiger partial charge on any atom is -0.396 e. The van der Waals surface area contributed by atoms with Crippen molar-refractivity contribution >= 4 is 5.95 Å². The first-order valence-electron chi connectivity index (χ1n) is 6.26. The third kappa shape index (κ3) is 2.70. The molecule has 18 heavy (non-hydrogen) atoms. The smallest absolute Gasteiger partial charge is 0.255 e. The van der Waals surface area contributed by atoms with Crippen molar-refractivity contribution in [3.63, 3.8) is 0 Å². The number of piperazine rings is 1. The third-order valence-electron chi connectivity index (χ3n) is 3.37. The Morgan fingerprint density at radius 1 is 1.33 bits per heavy atom. The fourth-order valence-electron chi connectivity index (χ4n) is 2.17. The van der Waals surface area contributed by atoms with Crippen LogP contribution in [-0.2, 0) is 6.42 Å². The zero-order chi connectivity index (χ0) is 13.1. The summed E-state index contributed by atoms with van der Waals surface area (Å²) in [6.07, 6.45) is 0.358. The second-order valence-corrected chi connectivity index (χ2v) is 4.72. The molecule has 0 radical (unpaired) electrons. The molecule has 0 aliphatic carbocycles. The quantitative estimate of drug-likeness (QED) is 0.749. The molecule has 0 bridgehead atoms. The number of hydrogen-bond donors (Lipinski definition) is 2. The lowest BCUT2D eigenvalue weighted by molar-refractivity contribution is 0.298. The van der Waals surface area contributed by atoms with Gasteiger partial charge in [-0.2, -0.15) is 0 Å². The fourth-order valence-corrected chi connectivity index (χ4v) is 2.17. The van der Waals surface area contributed by atoms with Gasteiger partial charge in [0, 0.05) is 44.8 Å². The van der Waals surface area contributed by atoms with E-state index in [2.05, 4.69) is 26.8 Å². The van der Waals surface area contributed by atoms with Gasteiger partial charge >= 0.3 is 0 Å². The number of aliphatic hydroxyl groups excluding tert-OH is 1. The number of aromatic nitrogens is 2. The number of likely N-dealkylation sites (N-methyl/N-ethyl adjacent to an activating group) is 1. The highest BCUT2D eigenvalue weighted by Gasteiger charge is 2.17. The van der Waals surface area contributed by atoms with Gasteiger partial charge in [0.15, 0.2) is 0 Å². The molecule has 1 fully saturated rings. The van der Waals surface area contributed by atoms with E-state index < -0.39 is 0 Å². The number of nitrogens with one attached hydrogen (secondary N) is 1. The van der Waals surface area contributed by atoms with Gasteiger partial charge in [-0.3, -0.25) is 9.78 Å². The van der Waals surface area contributed by atoms with Crippen molar-refractivity contribution < 1.29 is 5.11 Å². The Hall–Kier alpha value is -1.40. The van der Waals surface area contributed by atoms with Gasteiger partial charge in [0.1, 0.15) is 0 Å². The van der Waals surface area contributed by atoms with E-state index in [0.717, 1.165) is 26.2 Å². The standard InChI is InChI=1S/C12H20N4O2/c1-9-10(3-8-17)11(18)14-12(13-9)16-6-4-15(2)5-7-16/h17H,3-8H2,1-2H3,(H,13,14,18). The summed E-state index contributed by atoms with van der Waals surface area (Å²) in [4.78, 5) is 23.5. The predicted octanol–water partition coefficient (Wildman–Crippen LogP) is -0.635. The second-order valence-electron chi connectivity index (χ2n) is 4.72. The summed E-state index contributed by atoms with van der Waals surface area (Å²) in [5.41, 5.74) is 1.16. The number of nitrogens with zero attached hydrogens (tertiary/aromatic N) is 3. The molecule has 2 N–H and O–H groups in total. The van der Waals surface area contributed by atoms with Crippen LogP contribution in [0.15, 0.2) is 4.79 Å². The van der Waals surface area contributed by atoms with Gasteiger partial charge in [-0.05, 0) is 14.0 Å². The molecule has 1 aromatic heterocycles. The lowest BCUT2D eigenvalue weighted by Crippen LogP contribution is -2.45. The third-order valence-corrected chi connectivity index (χ3v) is 3.37. The molecule has 1 aliphatic rings. The van der Waals surface area contributed by atoms with Gasteiger partial charge in [0.05, 0.1) is 5.69 Å². The molecule has 100 valence electrons. The molecule has 0 saturated carbocycles. The van der Waals surface area contributed by atoms with Gasteiger partial charge < -0.3 is 14.9 Å². The Morgan fingerprint density at radius 3 is 2.56 bits per heavy atom. The number of anilines is 1. The summed E-state index contributed by atoms with van der Waals surface area (Å²) in [5.74, 6) is 0.646. The van der Waals surface area contributed by atoms with Gasteiger partial charge in [-0.1, -0.05) is 0 Å². The predicted molar refractivity (Wildman–Crippen MR) is 70.1 cm³/mol. The number of aromatic amines is 1. The van der Waals surface area contributed by atoms with Crippen LogP contribution in [0.4, 0.5) is 5.95 Å². The maximum atomic E-state index is 11.9. The lowest BCUT2D eigenvalue weighted by atomic mass is 10.2. The number of aryl methyl sites for hydroxylation is 1. The summed E-state index contributed by atoms with van der Waals surface area (Å²) in [6, 6.07) is 0. The van der Waals surface area contributed by atoms with E-state index in [-0.39, 0.29) is 12.2 Å². The van der Waals surface area contributed by atoms with Crippen molar-refractivity contribution in [3.05, 3.63) is 21.6 Å². The van der Waals surface area contributed by atoms with Crippen molar-refractivity contribution in [2.75, 3.05) is 44.7 Å². The van der Waals surface area contributed by atoms with Crippen LogP contribution in [0, 0.1) is 6.92 Å². The normalized spacial score (nSPS) is 17.2. The average Bonchev–Trinajstić information content (AvgIpc) is 2.34. The van der Waals surface area contributed by atoms with E-state index in [1.54, 1.807) is 0 Å². The molecule has 0 unspecified atom stereocenters. The summed E-state index contributed by atoms with van der Waals surface area (Å²) in [5, 5.41) is 8.92. The maximum absolute atomic E-state index is 11.9. The summed E-state index contributed by atoms with van der Waals surface area (Å²) >= 11 is 0. The highest BCUT2D eigenvalue weighted by atomic mass is 16.3. The molecule has 1 aromatic rings. The summed E-state index contributed by atoms with van der Waals surface area (Å²) in [7, 11) is 2.09. The Balaban J connectivity index is 2.22. The van der Waals surface area contributed by atoms with E-state index in [1.165, 1.54) is 0 Å². The van der Waals surface area contributed by atoms with E-state index >= 15 is 0 Å². The van der Waals surface area contributed by atoms with Crippen molar-refractivity contribution in [2.45, 2.75) is 13.3 Å². The van der Waals surface area contributed by atoms with Gasteiger partial charge in [0.25, 0.3) is 5.56 Å². The Bertz CT molecular complexity index is 464. The Kier molecular flexibility index (Phi) is 3.98. The van der Waals surface area contributed by atoms with E-state index in [1.807, 2.05) is 6.92 Å². The topological polar surface area (TPSA) is 72.5 Å². The SMILES string of the molecule is Cc1nc(N2CCN(C)CC2)[nH]c(=O)c1CCO. The molecule has 6 heteroatoms. The van der Waals surface area contributed by atoms with Crippen molar-refractivity contribution in [1.29, 1.82) is 0 Å². The first kappa shape index (κ1) is 13.0. The highest BCUT2D eigenvalue weighted by molar-refractivity contribution is 5.33. The monoisotopic (exact) mass is 252 g/mol. The van der Waals surface area contributed by atoms with Gasteiger partial charge in [0.2, 0.25) is 5.95 Å². The second kappa shape index (κ2) is 5.49. The molecule has 2 heterocycles. The van der Waals surface area contributed by atoms with Crippen molar-refractivity contribution in [3.8, 4) is 0 Å². The van der Waals surface area contributed by atoms with E-state index in [0.29, 0.717) is 23.6 Å². The minimum atomic E-state index is -0.134. The molecule has 0 aromatic carbocycles. The van der Waals surface area contributed by atoms with Gasteiger partial charge in [-0.15, -0.1) is 0 Å². The van der Waals surface area contributed by atoms with Crippen LogP contribution >= 0.6 is 0 Å². The minimum absolute atomic E-state index is 0.0283. The van der Waals surface area contributed by atoms with Crippen LogP contribution in [0.3, 0.4) is 0 Å². The number of rotatable bonds is 3. The molecule has 1 aliphatic heterocycles. The summed E-state index contributed by atoms with van der Waals surface area (Å²) < 4.78 is 0. The van der Waals surface area contributed by atoms with Crippen LogP contribution in [0.5, 0.6) is 0 Å². The molecule has 2 rings (SSSR count). The molecular formula is C12H20N4O2. The van der Waals surface area contributed by atoms with Crippen LogP contribution in [-0.4, -0.2) is 59.8 Å². The zero-order valence-electron chi connectivity index (χ0n) is 10.9. The first-order chi connectivity index (χ1) is 8.61. The number of H-pyrrole nitrogens is 1. The lowest BCUT2D eigenvalue weighted by Gasteiger charge is -2.32. The number of hydrogen-bond acceptors (Lipinski definition) is 5. The van der Waals surface area contributed by atoms with Crippen molar-refractivity contribution in [2.24, 2.45) is 0 Å². The molecule has 0 atom stereocenters. The molecule has 6 nitrogen and oxygen atoms in total. The number of aliphatic hydroxyl groups is 1. The maximum Gasteiger partial charge on any atom is 0.255 e. The largest absolute Gasteiger partial charge is 0.396 e. The molecule has 0 amide bonds. The van der Waals surface area contributed by atoms with Crippen LogP contribution < -0.4 is 10.5 Å². The first-order valence-corrected chi connectivity index (χ1v) is 6.26.